The van der Waals surface area contributed by atoms with Crippen molar-refractivity contribution in [2.75, 3.05) is 11.9 Å². The number of aliphatic hydroxyl groups is 1. The van der Waals surface area contributed by atoms with Crippen LogP contribution in [0.25, 0.3) is 0 Å². The second-order valence-electron chi connectivity index (χ2n) is 4.30. The number of anilines is 2. The Morgan fingerprint density at radius 2 is 1.89 bits per heavy atom. The summed E-state index contributed by atoms with van der Waals surface area (Å²) < 4.78 is 13.9. The van der Waals surface area contributed by atoms with Gasteiger partial charge in [0.2, 0.25) is 0 Å². The molecule has 0 amide bonds. The number of benzene rings is 2. The summed E-state index contributed by atoms with van der Waals surface area (Å²) in [6.07, 6.45) is 0. The molecule has 2 aromatic carbocycles. The van der Waals surface area contributed by atoms with Crippen LogP contribution in [0.1, 0.15) is 11.1 Å². The fourth-order valence-corrected chi connectivity index (χ4v) is 2.03. The second kappa shape index (κ2) is 5.19. The topological polar surface area (TPSA) is 23.5 Å². The molecule has 0 atom stereocenters. The summed E-state index contributed by atoms with van der Waals surface area (Å²) in [6, 6.07) is 12.6. The van der Waals surface area contributed by atoms with Gasteiger partial charge < -0.3 is 10.0 Å². The Hall–Kier alpha value is -1.87. The Balaban J connectivity index is 2.48. The molecule has 1 N–H and O–H groups in total. The molecule has 0 aliphatic carbocycles. The molecule has 0 unspecified atom stereocenters. The summed E-state index contributed by atoms with van der Waals surface area (Å²) in [6.45, 7) is 1.81. The highest BCUT2D eigenvalue weighted by molar-refractivity contribution is 5.66. The van der Waals surface area contributed by atoms with Crippen molar-refractivity contribution in [3.63, 3.8) is 0 Å². The van der Waals surface area contributed by atoms with E-state index in [2.05, 4.69) is 0 Å². The molecule has 94 valence electrons. The van der Waals surface area contributed by atoms with Gasteiger partial charge in [-0.25, -0.2) is 4.39 Å². The van der Waals surface area contributed by atoms with Gasteiger partial charge in [-0.1, -0.05) is 24.3 Å². The smallest absolute Gasteiger partial charge is 0.147 e. The molecule has 0 aromatic heterocycles. The Morgan fingerprint density at radius 3 is 2.56 bits per heavy atom. The maximum atomic E-state index is 13.9. The normalized spacial score (nSPS) is 10.4. The number of halogens is 1. The van der Waals surface area contributed by atoms with Crippen molar-refractivity contribution in [1.29, 1.82) is 0 Å². The Bertz CT molecular complexity index is 554. The SMILES string of the molecule is Cc1cccc(N(C)c2c(F)cccc2CO)c1. The molecule has 0 heterocycles. The molecule has 0 fully saturated rings. The third-order valence-electron chi connectivity index (χ3n) is 2.97. The van der Waals surface area contributed by atoms with E-state index in [4.69, 9.17) is 0 Å². The minimum absolute atomic E-state index is 0.177. The number of nitrogens with zero attached hydrogens (tertiary/aromatic N) is 1. The standard InChI is InChI=1S/C15H16FNO/c1-11-5-3-7-13(9-11)17(2)15-12(10-18)6-4-8-14(15)16/h3-9,18H,10H2,1-2H3. The summed E-state index contributed by atoms with van der Waals surface area (Å²) >= 11 is 0. The van der Waals surface area contributed by atoms with Crippen molar-refractivity contribution < 1.29 is 9.50 Å². The van der Waals surface area contributed by atoms with Gasteiger partial charge in [-0.05, 0) is 30.7 Å². The first-order valence-corrected chi connectivity index (χ1v) is 5.82. The third kappa shape index (κ3) is 2.36. The third-order valence-corrected chi connectivity index (χ3v) is 2.97. The van der Waals surface area contributed by atoms with Crippen LogP contribution in [-0.2, 0) is 6.61 Å². The number of hydrogen-bond acceptors (Lipinski definition) is 2. The molecule has 0 spiro atoms. The molecule has 0 radical (unpaired) electrons. The van der Waals surface area contributed by atoms with Crippen molar-refractivity contribution in [2.45, 2.75) is 13.5 Å². The van der Waals surface area contributed by atoms with Crippen LogP contribution in [0.4, 0.5) is 15.8 Å². The zero-order valence-electron chi connectivity index (χ0n) is 10.5. The van der Waals surface area contributed by atoms with Gasteiger partial charge in [-0.2, -0.15) is 0 Å². The highest BCUT2D eigenvalue weighted by Crippen LogP contribution is 2.30. The molecule has 2 aromatic rings. The minimum atomic E-state index is -0.328. The predicted octanol–water partition coefficient (Wildman–Crippen LogP) is 3.39. The molecule has 3 heteroatoms. The van der Waals surface area contributed by atoms with Crippen LogP contribution in [0.3, 0.4) is 0 Å². The van der Waals surface area contributed by atoms with E-state index in [1.54, 1.807) is 24.1 Å². The maximum Gasteiger partial charge on any atom is 0.147 e. The van der Waals surface area contributed by atoms with Gasteiger partial charge in [0.1, 0.15) is 5.82 Å². The highest BCUT2D eigenvalue weighted by Gasteiger charge is 2.13. The van der Waals surface area contributed by atoms with Gasteiger partial charge in [0.05, 0.1) is 12.3 Å². The van der Waals surface area contributed by atoms with Crippen LogP contribution in [0.5, 0.6) is 0 Å². The van der Waals surface area contributed by atoms with Crippen LogP contribution in [0.2, 0.25) is 0 Å². The summed E-state index contributed by atoms with van der Waals surface area (Å²) in [7, 11) is 1.80. The lowest BCUT2D eigenvalue weighted by Gasteiger charge is -2.23. The van der Waals surface area contributed by atoms with Gasteiger partial charge in [0.15, 0.2) is 0 Å². The Labute approximate surface area is 106 Å². The number of aryl methyl sites for hydroxylation is 1. The van der Waals surface area contributed by atoms with Crippen molar-refractivity contribution in [3.8, 4) is 0 Å². The average molecular weight is 245 g/mol. The summed E-state index contributed by atoms with van der Waals surface area (Å²) in [5.74, 6) is -0.328. The first-order chi connectivity index (χ1) is 8.63. The molecular formula is C15H16FNO. The van der Waals surface area contributed by atoms with Crippen molar-refractivity contribution in [3.05, 3.63) is 59.4 Å². The number of para-hydroxylation sites is 1. The van der Waals surface area contributed by atoms with Gasteiger partial charge in [0.25, 0.3) is 0 Å². The van der Waals surface area contributed by atoms with E-state index < -0.39 is 0 Å². The van der Waals surface area contributed by atoms with E-state index in [9.17, 15) is 9.50 Å². The second-order valence-corrected chi connectivity index (χ2v) is 4.30. The maximum absolute atomic E-state index is 13.9. The van der Waals surface area contributed by atoms with Gasteiger partial charge in [0, 0.05) is 18.3 Å². The lowest BCUT2D eigenvalue weighted by molar-refractivity contribution is 0.281. The van der Waals surface area contributed by atoms with Crippen molar-refractivity contribution in [1.82, 2.24) is 0 Å². The van der Waals surface area contributed by atoms with E-state index >= 15 is 0 Å². The predicted molar refractivity (Wildman–Crippen MR) is 71.6 cm³/mol. The Morgan fingerprint density at radius 1 is 1.17 bits per heavy atom. The minimum Gasteiger partial charge on any atom is -0.392 e. The molecule has 18 heavy (non-hydrogen) atoms. The van der Waals surface area contributed by atoms with Gasteiger partial charge in [-0.3, -0.25) is 0 Å². The molecule has 0 bridgehead atoms. The van der Waals surface area contributed by atoms with Gasteiger partial charge >= 0.3 is 0 Å². The average Bonchev–Trinajstić information content (AvgIpc) is 2.37. The number of hydrogen-bond donors (Lipinski definition) is 1. The largest absolute Gasteiger partial charge is 0.392 e. The van der Waals surface area contributed by atoms with E-state index in [1.807, 2.05) is 31.2 Å². The molecule has 0 saturated carbocycles. The quantitative estimate of drug-likeness (QED) is 0.896. The first kappa shape index (κ1) is 12.6. The number of rotatable bonds is 3. The molecule has 2 nitrogen and oxygen atoms in total. The lowest BCUT2D eigenvalue weighted by atomic mass is 10.1. The first-order valence-electron chi connectivity index (χ1n) is 5.82. The lowest BCUT2D eigenvalue weighted by Crippen LogP contribution is -2.13. The zero-order chi connectivity index (χ0) is 13.1. The van der Waals surface area contributed by atoms with E-state index in [-0.39, 0.29) is 12.4 Å². The summed E-state index contributed by atoms with van der Waals surface area (Å²) in [5, 5.41) is 9.30. The molecule has 0 saturated heterocycles. The molecule has 0 aliphatic heterocycles. The van der Waals surface area contributed by atoms with E-state index in [0.29, 0.717) is 11.3 Å². The fraction of sp³-hybridized carbons (Fsp3) is 0.200. The van der Waals surface area contributed by atoms with Crippen LogP contribution in [-0.4, -0.2) is 12.2 Å². The number of aliphatic hydroxyl groups excluding tert-OH is 1. The van der Waals surface area contributed by atoms with Crippen molar-refractivity contribution >= 4 is 11.4 Å². The molecule has 0 aliphatic rings. The fourth-order valence-electron chi connectivity index (χ4n) is 2.03. The van der Waals surface area contributed by atoms with Gasteiger partial charge in [-0.15, -0.1) is 0 Å². The zero-order valence-corrected chi connectivity index (χ0v) is 10.5. The monoisotopic (exact) mass is 245 g/mol. The summed E-state index contributed by atoms with van der Waals surface area (Å²) in [5.41, 5.74) is 3.01. The van der Waals surface area contributed by atoms with E-state index in [0.717, 1.165) is 11.3 Å². The van der Waals surface area contributed by atoms with Crippen LogP contribution < -0.4 is 4.90 Å². The molecular weight excluding hydrogens is 229 g/mol. The highest BCUT2D eigenvalue weighted by atomic mass is 19.1. The molecule has 2 rings (SSSR count). The summed E-state index contributed by atoms with van der Waals surface area (Å²) in [4.78, 5) is 1.76. The van der Waals surface area contributed by atoms with Crippen LogP contribution >= 0.6 is 0 Å². The Kier molecular flexibility index (Phi) is 3.63. The van der Waals surface area contributed by atoms with E-state index in [1.165, 1.54) is 6.07 Å². The van der Waals surface area contributed by atoms with Crippen LogP contribution in [0, 0.1) is 12.7 Å². The van der Waals surface area contributed by atoms with Crippen molar-refractivity contribution in [2.24, 2.45) is 0 Å². The van der Waals surface area contributed by atoms with Crippen LogP contribution in [0.15, 0.2) is 42.5 Å².